The van der Waals surface area contributed by atoms with Gasteiger partial charge in [0.25, 0.3) is 5.91 Å². The summed E-state index contributed by atoms with van der Waals surface area (Å²) in [5.74, 6) is -2.96. The van der Waals surface area contributed by atoms with Crippen molar-refractivity contribution < 1.29 is 27.1 Å². The standard InChI is InChI=1S/C14H12F4N2O2/c15-12-9(2-1-3-10(12)14(16,17)18)13(21)20-11(6-19)8-4-5-22-7-8/h1-3,8,11H,4-5,7H2,(H,20,21)/t8-,11+/m1/s1. The van der Waals surface area contributed by atoms with Crippen LogP contribution in [0.25, 0.3) is 0 Å². The highest BCUT2D eigenvalue weighted by Crippen LogP contribution is 2.32. The van der Waals surface area contributed by atoms with Crippen LogP contribution in [0.1, 0.15) is 22.3 Å². The number of hydrogen-bond donors (Lipinski definition) is 1. The highest BCUT2D eigenvalue weighted by atomic mass is 19.4. The molecule has 0 radical (unpaired) electrons. The van der Waals surface area contributed by atoms with E-state index < -0.39 is 35.1 Å². The quantitative estimate of drug-likeness (QED) is 0.872. The van der Waals surface area contributed by atoms with Crippen molar-refractivity contribution in [2.45, 2.75) is 18.6 Å². The average Bonchev–Trinajstić information content (AvgIpc) is 2.97. The average molecular weight is 316 g/mol. The van der Waals surface area contributed by atoms with E-state index in [1.165, 1.54) is 0 Å². The molecule has 4 nitrogen and oxygen atoms in total. The molecule has 1 amide bonds. The second kappa shape index (κ2) is 6.32. The van der Waals surface area contributed by atoms with E-state index in [2.05, 4.69) is 5.32 Å². The maximum Gasteiger partial charge on any atom is 0.419 e. The number of benzene rings is 1. The molecule has 0 aromatic heterocycles. The van der Waals surface area contributed by atoms with Crippen LogP contribution in [0.4, 0.5) is 17.6 Å². The number of alkyl halides is 3. The SMILES string of the molecule is N#C[C@H](NC(=O)c1cccc(C(F)(F)F)c1F)[C@@H]1CCOC1. The van der Waals surface area contributed by atoms with Crippen LogP contribution in [0.5, 0.6) is 0 Å². The lowest BCUT2D eigenvalue weighted by molar-refractivity contribution is -0.140. The van der Waals surface area contributed by atoms with E-state index in [-0.39, 0.29) is 12.5 Å². The molecule has 1 aromatic rings. The number of nitrogens with zero attached hydrogens (tertiary/aromatic N) is 1. The first-order valence-electron chi connectivity index (χ1n) is 6.48. The maximum absolute atomic E-state index is 13.9. The summed E-state index contributed by atoms with van der Waals surface area (Å²) in [4.78, 5) is 12.0. The van der Waals surface area contributed by atoms with Gasteiger partial charge in [-0.15, -0.1) is 0 Å². The summed E-state index contributed by atoms with van der Waals surface area (Å²) in [6.45, 7) is 0.709. The Balaban J connectivity index is 2.21. The summed E-state index contributed by atoms with van der Waals surface area (Å²) >= 11 is 0. The van der Waals surface area contributed by atoms with Crippen molar-refractivity contribution >= 4 is 5.91 Å². The molecule has 22 heavy (non-hydrogen) atoms. The Kier molecular flexibility index (Phi) is 4.66. The molecule has 2 atom stereocenters. The molecule has 1 aromatic carbocycles. The Bertz CT molecular complexity index is 604. The third-order valence-corrected chi connectivity index (χ3v) is 3.41. The molecule has 1 heterocycles. The van der Waals surface area contributed by atoms with E-state index >= 15 is 0 Å². The van der Waals surface area contributed by atoms with Gasteiger partial charge in [-0.3, -0.25) is 4.79 Å². The number of nitrogens with one attached hydrogen (secondary N) is 1. The van der Waals surface area contributed by atoms with Gasteiger partial charge in [0.1, 0.15) is 11.9 Å². The minimum absolute atomic E-state index is 0.261. The predicted molar refractivity (Wildman–Crippen MR) is 67.2 cm³/mol. The molecule has 8 heteroatoms. The second-order valence-electron chi connectivity index (χ2n) is 4.87. The van der Waals surface area contributed by atoms with E-state index in [1.807, 2.05) is 6.07 Å². The largest absolute Gasteiger partial charge is 0.419 e. The highest BCUT2D eigenvalue weighted by molar-refractivity contribution is 5.95. The molecule has 2 rings (SSSR count). The van der Waals surface area contributed by atoms with Gasteiger partial charge in [0.15, 0.2) is 0 Å². The number of nitriles is 1. The molecule has 118 valence electrons. The molecule has 1 N–H and O–H groups in total. The number of halogens is 4. The van der Waals surface area contributed by atoms with Crippen LogP contribution in [-0.4, -0.2) is 25.2 Å². The molecule has 1 aliphatic rings. The highest BCUT2D eigenvalue weighted by Gasteiger charge is 2.36. The molecule has 0 bridgehead atoms. The van der Waals surface area contributed by atoms with Gasteiger partial charge in [-0.25, -0.2) is 4.39 Å². The molecule has 0 aliphatic carbocycles. The Morgan fingerprint density at radius 1 is 1.45 bits per heavy atom. The zero-order valence-corrected chi connectivity index (χ0v) is 11.3. The zero-order valence-electron chi connectivity index (χ0n) is 11.3. The van der Waals surface area contributed by atoms with Crippen LogP contribution in [0.2, 0.25) is 0 Å². The third kappa shape index (κ3) is 3.36. The Morgan fingerprint density at radius 3 is 2.73 bits per heavy atom. The Morgan fingerprint density at radius 2 is 2.18 bits per heavy atom. The van der Waals surface area contributed by atoms with Gasteiger partial charge in [-0.2, -0.15) is 18.4 Å². The lowest BCUT2D eigenvalue weighted by Crippen LogP contribution is -2.40. The number of rotatable bonds is 3. The fourth-order valence-electron chi connectivity index (χ4n) is 2.22. The molecule has 1 aliphatic heterocycles. The fourth-order valence-corrected chi connectivity index (χ4v) is 2.22. The minimum atomic E-state index is -4.89. The van der Waals surface area contributed by atoms with E-state index in [9.17, 15) is 22.4 Å². The van der Waals surface area contributed by atoms with Gasteiger partial charge in [-0.1, -0.05) is 6.07 Å². The Labute approximate surface area is 123 Å². The van der Waals surface area contributed by atoms with Gasteiger partial charge in [0, 0.05) is 12.5 Å². The van der Waals surface area contributed by atoms with Crippen LogP contribution >= 0.6 is 0 Å². The van der Waals surface area contributed by atoms with Crippen molar-refractivity contribution in [1.82, 2.24) is 5.32 Å². The number of carbonyl (C=O) groups excluding carboxylic acids is 1. The van der Waals surface area contributed by atoms with Gasteiger partial charge in [0.2, 0.25) is 0 Å². The summed E-state index contributed by atoms with van der Waals surface area (Å²) in [5.41, 5.74) is -2.26. The first-order valence-corrected chi connectivity index (χ1v) is 6.48. The number of ether oxygens (including phenoxy) is 1. The van der Waals surface area contributed by atoms with E-state index in [4.69, 9.17) is 10.00 Å². The lowest BCUT2D eigenvalue weighted by atomic mass is 9.99. The van der Waals surface area contributed by atoms with Crippen molar-refractivity contribution in [2.24, 2.45) is 5.92 Å². The van der Waals surface area contributed by atoms with Gasteiger partial charge < -0.3 is 10.1 Å². The number of hydrogen-bond acceptors (Lipinski definition) is 3. The molecular formula is C14H12F4N2O2. The van der Waals surface area contributed by atoms with Crippen molar-refractivity contribution in [3.05, 3.63) is 35.1 Å². The van der Waals surface area contributed by atoms with Crippen LogP contribution in [0.3, 0.4) is 0 Å². The summed E-state index contributed by atoms with van der Waals surface area (Å²) in [5, 5.41) is 11.3. The van der Waals surface area contributed by atoms with Crippen molar-refractivity contribution in [2.75, 3.05) is 13.2 Å². The third-order valence-electron chi connectivity index (χ3n) is 3.41. The van der Waals surface area contributed by atoms with Gasteiger partial charge in [-0.05, 0) is 18.6 Å². The Hall–Kier alpha value is -2.14. The molecular weight excluding hydrogens is 304 g/mol. The lowest BCUT2D eigenvalue weighted by Gasteiger charge is -2.17. The van der Waals surface area contributed by atoms with E-state index in [1.54, 1.807) is 0 Å². The molecule has 0 spiro atoms. The van der Waals surface area contributed by atoms with E-state index in [0.29, 0.717) is 19.1 Å². The first kappa shape index (κ1) is 16.2. The topological polar surface area (TPSA) is 62.1 Å². The fraction of sp³-hybridized carbons (Fsp3) is 0.429. The van der Waals surface area contributed by atoms with E-state index in [0.717, 1.165) is 12.1 Å². The first-order chi connectivity index (χ1) is 10.3. The smallest absolute Gasteiger partial charge is 0.381 e. The molecule has 1 saturated heterocycles. The molecule has 0 unspecified atom stereocenters. The normalized spacial score (nSPS) is 19.5. The van der Waals surface area contributed by atoms with Crippen molar-refractivity contribution in [3.8, 4) is 6.07 Å². The number of carbonyl (C=O) groups is 1. The summed E-state index contributed by atoms with van der Waals surface area (Å²) in [6, 6.07) is 3.36. The maximum atomic E-state index is 13.9. The summed E-state index contributed by atoms with van der Waals surface area (Å²) in [7, 11) is 0. The van der Waals surface area contributed by atoms with Crippen LogP contribution in [0, 0.1) is 23.1 Å². The minimum Gasteiger partial charge on any atom is -0.381 e. The van der Waals surface area contributed by atoms with Crippen LogP contribution < -0.4 is 5.32 Å². The zero-order chi connectivity index (χ0) is 16.3. The van der Waals surface area contributed by atoms with Crippen molar-refractivity contribution in [1.29, 1.82) is 5.26 Å². The van der Waals surface area contributed by atoms with Crippen LogP contribution in [0.15, 0.2) is 18.2 Å². The summed E-state index contributed by atoms with van der Waals surface area (Å²) in [6.07, 6.45) is -4.35. The van der Waals surface area contributed by atoms with Gasteiger partial charge >= 0.3 is 6.18 Å². The second-order valence-corrected chi connectivity index (χ2v) is 4.87. The number of amides is 1. The van der Waals surface area contributed by atoms with Crippen molar-refractivity contribution in [3.63, 3.8) is 0 Å². The van der Waals surface area contributed by atoms with Gasteiger partial charge in [0.05, 0.1) is 23.8 Å². The summed E-state index contributed by atoms with van der Waals surface area (Å²) < 4.78 is 56.8. The molecule has 0 saturated carbocycles. The monoisotopic (exact) mass is 316 g/mol. The molecule has 1 fully saturated rings. The predicted octanol–water partition coefficient (Wildman–Crippen LogP) is 2.50. The van der Waals surface area contributed by atoms with Crippen LogP contribution in [-0.2, 0) is 10.9 Å².